The molecular weight excluding hydrogens is 271 g/mol. The standard InChI is InChI=1S/C16H13FN2O2/c1-19-14-6-5-10(8-15(20)21)7-13(14)18-16(19)11-3-2-4-12(17)9-11/h2-7,9H,8H2,1H3,(H,20,21). The van der Waals surface area contributed by atoms with Crippen LogP contribution in [-0.4, -0.2) is 20.6 Å². The third kappa shape index (κ3) is 2.50. The van der Waals surface area contributed by atoms with Gasteiger partial charge in [-0.3, -0.25) is 4.79 Å². The summed E-state index contributed by atoms with van der Waals surface area (Å²) in [7, 11) is 1.85. The van der Waals surface area contributed by atoms with Crippen molar-refractivity contribution in [2.24, 2.45) is 7.05 Å². The molecule has 0 aliphatic heterocycles. The number of carbonyl (C=O) groups is 1. The maximum absolute atomic E-state index is 13.3. The summed E-state index contributed by atoms with van der Waals surface area (Å²) in [5.74, 6) is -0.543. The van der Waals surface area contributed by atoms with Crippen LogP contribution in [0.1, 0.15) is 5.56 Å². The Balaban J connectivity index is 2.13. The zero-order chi connectivity index (χ0) is 15.0. The van der Waals surface area contributed by atoms with Gasteiger partial charge in [0, 0.05) is 12.6 Å². The summed E-state index contributed by atoms with van der Waals surface area (Å²) < 4.78 is 15.2. The molecule has 3 rings (SSSR count). The number of carboxylic acids is 1. The van der Waals surface area contributed by atoms with Crippen LogP contribution in [0.3, 0.4) is 0 Å². The second kappa shape index (κ2) is 5.01. The zero-order valence-corrected chi connectivity index (χ0v) is 11.4. The van der Waals surface area contributed by atoms with Gasteiger partial charge in [-0.2, -0.15) is 0 Å². The molecule has 0 aliphatic rings. The van der Waals surface area contributed by atoms with E-state index in [1.54, 1.807) is 24.3 Å². The van der Waals surface area contributed by atoms with E-state index in [2.05, 4.69) is 4.98 Å². The molecule has 3 aromatic rings. The van der Waals surface area contributed by atoms with Crippen molar-refractivity contribution in [1.82, 2.24) is 9.55 Å². The van der Waals surface area contributed by atoms with Gasteiger partial charge in [0.1, 0.15) is 11.6 Å². The molecule has 1 N–H and O–H groups in total. The Hall–Kier alpha value is -2.69. The number of fused-ring (bicyclic) bond motifs is 1. The van der Waals surface area contributed by atoms with E-state index in [4.69, 9.17) is 5.11 Å². The molecule has 2 aromatic carbocycles. The Bertz CT molecular complexity index is 839. The molecule has 0 atom stereocenters. The first-order valence-corrected chi connectivity index (χ1v) is 6.47. The summed E-state index contributed by atoms with van der Waals surface area (Å²) in [4.78, 5) is 15.3. The molecule has 0 radical (unpaired) electrons. The molecule has 106 valence electrons. The van der Waals surface area contributed by atoms with Gasteiger partial charge >= 0.3 is 5.97 Å². The Morgan fingerprint density at radius 3 is 2.81 bits per heavy atom. The maximum atomic E-state index is 13.3. The lowest BCUT2D eigenvalue weighted by atomic mass is 10.1. The number of hydrogen-bond donors (Lipinski definition) is 1. The van der Waals surface area contributed by atoms with Crippen molar-refractivity contribution in [1.29, 1.82) is 0 Å². The van der Waals surface area contributed by atoms with Crippen molar-refractivity contribution in [3.05, 3.63) is 53.8 Å². The molecule has 0 unspecified atom stereocenters. The van der Waals surface area contributed by atoms with Crippen LogP contribution in [0.2, 0.25) is 0 Å². The van der Waals surface area contributed by atoms with E-state index in [0.29, 0.717) is 22.5 Å². The zero-order valence-electron chi connectivity index (χ0n) is 11.4. The van der Waals surface area contributed by atoms with Crippen LogP contribution in [0.15, 0.2) is 42.5 Å². The number of imidazole rings is 1. The molecule has 0 saturated carbocycles. The number of halogens is 1. The normalized spacial score (nSPS) is 11.0. The van der Waals surface area contributed by atoms with Crippen molar-refractivity contribution in [2.45, 2.75) is 6.42 Å². The molecule has 1 aromatic heterocycles. The van der Waals surface area contributed by atoms with Crippen LogP contribution in [0.4, 0.5) is 4.39 Å². The van der Waals surface area contributed by atoms with Crippen LogP contribution < -0.4 is 0 Å². The number of aromatic nitrogens is 2. The largest absolute Gasteiger partial charge is 0.481 e. The highest BCUT2D eigenvalue weighted by atomic mass is 19.1. The van der Waals surface area contributed by atoms with Gasteiger partial charge < -0.3 is 9.67 Å². The molecule has 0 bridgehead atoms. The average molecular weight is 284 g/mol. The third-order valence-electron chi connectivity index (χ3n) is 3.38. The number of rotatable bonds is 3. The van der Waals surface area contributed by atoms with E-state index in [-0.39, 0.29) is 12.2 Å². The molecule has 0 saturated heterocycles. The van der Waals surface area contributed by atoms with Crippen molar-refractivity contribution in [3.8, 4) is 11.4 Å². The first-order valence-electron chi connectivity index (χ1n) is 6.47. The predicted octanol–water partition coefficient (Wildman–Crippen LogP) is 3.01. The van der Waals surface area contributed by atoms with E-state index in [1.807, 2.05) is 17.7 Å². The minimum atomic E-state index is -0.879. The average Bonchev–Trinajstić information content (AvgIpc) is 2.75. The van der Waals surface area contributed by atoms with Crippen LogP contribution in [0.25, 0.3) is 22.4 Å². The highest BCUT2D eigenvalue weighted by Gasteiger charge is 2.11. The molecule has 0 aliphatic carbocycles. The first-order chi connectivity index (χ1) is 10.0. The van der Waals surface area contributed by atoms with Crippen molar-refractivity contribution < 1.29 is 14.3 Å². The van der Waals surface area contributed by atoms with Crippen LogP contribution in [0, 0.1) is 5.82 Å². The number of hydrogen-bond acceptors (Lipinski definition) is 2. The Labute approximate surface area is 120 Å². The number of nitrogens with zero attached hydrogens (tertiary/aromatic N) is 2. The summed E-state index contributed by atoms with van der Waals surface area (Å²) in [6.07, 6.45) is -0.0399. The smallest absolute Gasteiger partial charge is 0.307 e. The second-order valence-corrected chi connectivity index (χ2v) is 4.90. The lowest BCUT2D eigenvalue weighted by Crippen LogP contribution is -1.99. The molecule has 0 amide bonds. The van der Waals surface area contributed by atoms with Crippen LogP contribution in [0.5, 0.6) is 0 Å². The van der Waals surface area contributed by atoms with Gasteiger partial charge in [-0.1, -0.05) is 18.2 Å². The fourth-order valence-corrected chi connectivity index (χ4v) is 2.42. The van der Waals surface area contributed by atoms with Gasteiger partial charge in [-0.25, -0.2) is 9.37 Å². The monoisotopic (exact) mass is 284 g/mol. The summed E-state index contributed by atoms with van der Waals surface area (Å²) in [5.41, 5.74) is 2.96. The maximum Gasteiger partial charge on any atom is 0.307 e. The van der Waals surface area contributed by atoms with Crippen molar-refractivity contribution in [2.75, 3.05) is 0 Å². The Morgan fingerprint density at radius 2 is 2.10 bits per heavy atom. The van der Waals surface area contributed by atoms with Gasteiger partial charge in [-0.05, 0) is 29.8 Å². The van der Waals surface area contributed by atoms with E-state index < -0.39 is 5.97 Å². The molecule has 21 heavy (non-hydrogen) atoms. The molecule has 4 nitrogen and oxygen atoms in total. The fourth-order valence-electron chi connectivity index (χ4n) is 2.42. The number of carboxylic acid groups (broad SMARTS) is 1. The Kier molecular flexibility index (Phi) is 3.17. The third-order valence-corrected chi connectivity index (χ3v) is 3.38. The van der Waals surface area contributed by atoms with E-state index in [9.17, 15) is 9.18 Å². The number of aliphatic carboxylic acids is 1. The van der Waals surface area contributed by atoms with Crippen molar-refractivity contribution >= 4 is 17.0 Å². The van der Waals surface area contributed by atoms with E-state index in [1.165, 1.54) is 12.1 Å². The van der Waals surface area contributed by atoms with Crippen LogP contribution in [-0.2, 0) is 18.3 Å². The highest BCUT2D eigenvalue weighted by Crippen LogP contribution is 2.25. The summed E-state index contributed by atoms with van der Waals surface area (Å²) in [6, 6.07) is 11.6. The van der Waals surface area contributed by atoms with E-state index >= 15 is 0 Å². The second-order valence-electron chi connectivity index (χ2n) is 4.90. The molecular formula is C16H13FN2O2. The van der Waals surface area contributed by atoms with Gasteiger partial charge in [0.25, 0.3) is 0 Å². The van der Waals surface area contributed by atoms with Gasteiger partial charge in [0.2, 0.25) is 0 Å². The SMILES string of the molecule is Cn1c(-c2cccc(F)c2)nc2cc(CC(=O)O)ccc21. The lowest BCUT2D eigenvalue weighted by molar-refractivity contribution is -0.136. The van der Waals surface area contributed by atoms with Gasteiger partial charge in [0.15, 0.2) is 0 Å². The highest BCUT2D eigenvalue weighted by molar-refractivity contribution is 5.82. The topological polar surface area (TPSA) is 55.1 Å². The van der Waals surface area contributed by atoms with Gasteiger partial charge in [0.05, 0.1) is 17.5 Å². The van der Waals surface area contributed by atoms with Crippen molar-refractivity contribution in [3.63, 3.8) is 0 Å². The minimum absolute atomic E-state index is 0.0399. The molecule has 1 heterocycles. The summed E-state index contributed by atoms with van der Waals surface area (Å²) >= 11 is 0. The minimum Gasteiger partial charge on any atom is -0.481 e. The summed E-state index contributed by atoms with van der Waals surface area (Å²) in [5, 5.41) is 8.84. The molecule has 5 heteroatoms. The fraction of sp³-hybridized carbons (Fsp3) is 0.125. The quantitative estimate of drug-likeness (QED) is 0.804. The molecule has 0 fully saturated rings. The van der Waals surface area contributed by atoms with E-state index in [0.717, 1.165) is 5.52 Å². The van der Waals surface area contributed by atoms with Crippen LogP contribution >= 0.6 is 0 Å². The Morgan fingerprint density at radius 1 is 1.29 bits per heavy atom. The summed E-state index contributed by atoms with van der Waals surface area (Å²) in [6.45, 7) is 0. The number of aryl methyl sites for hydroxylation is 1. The first kappa shape index (κ1) is 13.3. The predicted molar refractivity (Wildman–Crippen MR) is 77.4 cm³/mol. The number of benzene rings is 2. The lowest BCUT2D eigenvalue weighted by Gasteiger charge is -2.02. The van der Waals surface area contributed by atoms with Gasteiger partial charge in [-0.15, -0.1) is 0 Å². The molecule has 0 spiro atoms.